The highest BCUT2D eigenvalue weighted by Gasteiger charge is 2.25. The van der Waals surface area contributed by atoms with E-state index >= 15 is 0 Å². The molecule has 0 aliphatic carbocycles. The van der Waals surface area contributed by atoms with Crippen molar-refractivity contribution in [1.29, 1.82) is 0 Å². The van der Waals surface area contributed by atoms with Gasteiger partial charge in [0.25, 0.3) is 5.91 Å². The lowest BCUT2D eigenvalue weighted by atomic mass is 10.1. The predicted octanol–water partition coefficient (Wildman–Crippen LogP) is 2.76. The Morgan fingerprint density at radius 1 is 1.32 bits per heavy atom. The number of hydrogen-bond acceptors (Lipinski definition) is 2. The van der Waals surface area contributed by atoms with E-state index in [9.17, 15) is 4.79 Å². The molecule has 19 heavy (non-hydrogen) atoms. The molecule has 0 saturated carbocycles. The maximum atomic E-state index is 12.4. The van der Waals surface area contributed by atoms with Gasteiger partial charge in [0.1, 0.15) is 0 Å². The van der Waals surface area contributed by atoms with Crippen molar-refractivity contribution >= 4 is 23.2 Å². The highest BCUT2D eigenvalue weighted by Crippen LogP contribution is 2.30. The van der Waals surface area contributed by atoms with Gasteiger partial charge in [-0.25, -0.2) is 0 Å². The quantitative estimate of drug-likeness (QED) is 0.869. The van der Waals surface area contributed by atoms with Crippen LogP contribution in [0.15, 0.2) is 30.5 Å². The largest absolute Gasteiger partial charge is 0.387 e. The van der Waals surface area contributed by atoms with Crippen LogP contribution in [0.2, 0.25) is 5.02 Å². The SMILES string of the molecule is CNc1ccn2c1CN(C)C(=O)c1cc(Cl)ccc1-2. The second-order valence-corrected chi connectivity index (χ2v) is 5.06. The van der Waals surface area contributed by atoms with Gasteiger partial charge in [-0.15, -0.1) is 0 Å². The van der Waals surface area contributed by atoms with Gasteiger partial charge < -0.3 is 14.8 Å². The molecule has 4 nitrogen and oxygen atoms in total. The first-order valence-electron chi connectivity index (χ1n) is 6.05. The van der Waals surface area contributed by atoms with Gasteiger partial charge in [0.2, 0.25) is 0 Å². The number of aromatic nitrogens is 1. The lowest BCUT2D eigenvalue weighted by Crippen LogP contribution is -2.25. The van der Waals surface area contributed by atoms with E-state index in [4.69, 9.17) is 11.6 Å². The molecule has 2 aromatic rings. The summed E-state index contributed by atoms with van der Waals surface area (Å²) < 4.78 is 2.04. The molecule has 1 aromatic carbocycles. The molecule has 0 fully saturated rings. The summed E-state index contributed by atoms with van der Waals surface area (Å²) in [7, 11) is 3.68. The molecule has 1 N–H and O–H groups in total. The van der Waals surface area contributed by atoms with Gasteiger partial charge in [-0.1, -0.05) is 11.6 Å². The summed E-state index contributed by atoms with van der Waals surface area (Å²) in [6.45, 7) is 0.564. The number of anilines is 1. The van der Waals surface area contributed by atoms with E-state index in [1.54, 1.807) is 18.0 Å². The third kappa shape index (κ3) is 1.79. The van der Waals surface area contributed by atoms with Gasteiger partial charge in [-0.3, -0.25) is 4.79 Å². The van der Waals surface area contributed by atoms with Gasteiger partial charge in [-0.2, -0.15) is 0 Å². The zero-order valence-corrected chi connectivity index (χ0v) is 11.5. The Kier molecular flexibility index (Phi) is 2.75. The topological polar surface area (TPSA) is 37.3 Å². The number of nitrogens with one attached hydrogen (secondary N) is 1. The van der Waals surface area contributed by atoms with Crippen molar-refractivity contribution in [2.45, 2.75) is 6.54 Å². The van der Waals surface area contributed by atoms with Crippen LogP contribution in [-0.2, 0) is 6.54 Å². The van der Waals surface area contributed by atoms with Crippen LogP contribution in [0.25, 0.3) is 5.69 Å². The molecule has 1 aromatic heterocycles. The zero-order chi connectivity index (χ0) is 13.6. The average Bonchev–Trinajstić information content (AvgIpc) is 2.76. The fourth-order valence-electron chi connectivity index (χ4n) is 2.47. The molecule has 1 aliphatic heterocycles. The molecule has 1 amide bonds. The van der Waals surface area contributed by atoms with E-state index in [-0.39, 0.29) is 5.91 Å². The van der Waals surface area contributed by atoms with Crippen LogP contribution in [-0.4, -0.2) is 29.5 Å². The van der Waals surface area contributed by atoms with Crippen LogP contribution in [0.3, 0.4) is 0 Å². The van der Waals surface area contributed by atoms with Crippen LogP contribution in [0, 0.1) is 0 Å². The van der Waals surface area contributed by atoms with Crippen molar-refractivity contribution in [3.05, 3.63) is 46.7 Å². The van der Waals surface area contributed by atoms with Gasteiger partial charge in [0.05, 0.1) is 29.2 Å². The van der Waals surface area contributed by atoms with Crippen molar-refractivity contribution in [3.8, 4) is 5.69 Å². The molecular formula is C14H14ClN3O. The predicted molar refractivity (Wildman–Crippen MR) is 76.1 cm³/mol. The Morgan fingerprint density at radius 2 is 2.11 bits per heavy atom. The number of halogens is 1. The Morgan fingerprint density at radius 3 is 2.84 bits per heavy atom. The molecule has 0 unspecified atom stereocenters. The van der Waals surface area contributed by atoms with E-state index < -0.39 is 0 Å². The lowest BCUT2D eigenvalue weighted by Gasteiger charge is -2.15. The van der Waals surface area contributed by atoms with Gasteiger partial charge in [0.15, 0.2) is 0 Å². The summed E-state index contributed by atoms with van der Waals surface area (Å²) in [5, 5.41) is 3.73. The fraction of sp³-hybridized carbons (Fsp3) is 0.214. The lowest BCUT2D eigenvalue weighted by molar-refractivity contribution is 0.0788. The standard InChI is InChI=1S/C14H14ClN3O/c1-16-11-5-6-18-12-4-3-9(15)7-10(12)14(19)17(2)8-13(11)18/h3-7,16H,8H2,1-2H3. The van der Waals surface area contributed by atoms with Crippen molar-refractivity contribution in [2.75, 3.05) is 19.4 Å². The van der Waals surface area contributed by atoms with Crippen molar-refractivity contribution in [3.63, 3.8) is 0 Å². The van der Waals surface area contributed by atoms with Crippen LogP contribution in [0.4, 0.5) is 5.69 Å². The van der Waals surface area contributed by atoms with E-state index in [0.29, 0.717) is 17.1 Å². The van der Waals surface area contributed by atoms with Crippen molar-refractivity contribution in [1.82, 2.24) is 9.47 Å². The highest BCUT2D eigenvalue weighted by atomic mass is 35.5. The molecule has 0 spiro atoms. The minimum atomic E-state index is -0.0109. The molecular weight excluding hydrogens is 262 g/mol. The second-order valence-electron chi connectivity index (χ2n) is 4.62. The van der Waals surface area contributed by atoms with E-state index in [2.05, 4.69) is 5.32 Å². The summed E-state index contributed by atoms with van der Waals surface area (Å²) in [6.07, 6.45) is 1.97. The number of amides is 1. The molecule has 1 aliphatic rings. The fourth-order valence-corrected chi connectivity index (χ4v) is 2.64. The monoisotopic (exact) mass is 275 g/mol. The summed E-state index contributed by atoms with van der Waals surface area (Å²) >= 11 is 6.01. The van der Waals surface area contributed by atoms with Crippen LogP contribution in [0.1, 0.15) is 16.1 Å². The number of rotatable bonds is 1. The van der Waals surface area contributed by atoms with Gasteiger partial charge >= 0.3 is 0 Å². The third-order valence-electron chi connectivity index (χ3n) is 3.44. The Bertz CT molecular complexity index is 663. The van der Waals surface area contributed by atoms with Crippen LogP contribution >= 0.6 is 11.6 Å². The average molecular weight is 276 g/mol. The third-order valence-corrected chi connectivity index (χ3v) is 3.68. The van der Waals surface area contributed by atoms with E-state index in [0.717, 1.165) is 17.1 Å². The maximum Gasteiger partial charge on any atom is 0.256 e. The normalized spacial score (nSPS) is 13.8. The Balaban J connectivity index is 2.30. The highest BCUT2D eigenvalue weighted by molar-refractivity contribution is 6.31. The molecule has 3 rings (SSSR count). The maximum absolute atomic E-state index is 12.4. The molecule has 0 bridgehead atoms. The molecule has 0 saturated heterocycles. The summed E-state index contributed by atoms with van der Waals surface area (Å²) in [5.41, 5.74) is 3.60. The number of benzene rings is 1. The number of nitrogens with zero attached hydrogens (tertiary/aromatic N) is 2. The number of fused-ring (bicyclic) bond motifs is 3. The van der Waals surface area contributed by atoms with E-state index in [1.807, 2.05) is 36.0 Å². The van der Waals surface area contributed by atoms with Crippen molar-refractivity contribution in [2.24, 2.45) is 0 Å². The first-order valence-corrected chi connectivity index (χ1v) is 6.43. The smallest absolute Gasteiger partial charge is 0.256 e. The number of carbonyl (C=O) groups is 1. The summed E-state index contributed by atoms with van der Waals surface area (Å²) in [6, 6.07) is 7.43. The van der Waals surface area contributed by atoms with Crippen LogP contribution in [0.5, 0.6) is 0 Å². The molecule has 0 radical (unpaired) electrons. The minimum Gasteiger partial charge on any atom is -0.387 e. The minimum absolute atomic E-state index is 0.0109. The molecule has 2 heterocycles. The second kappa shape index (κ2) is 4.31. The molecule has 98 valence electrons. The first-order chi connectivity index (χ1) is 9.11. The van der Waals surface area contributed by atoms with E-state index in [1.165, 1.54) is 0 Å². The van der Waals surface area contributed by atoms with Gasteiger partial charge in [0, 0.05) is 25.3 Å². The number of carbonyl (C=O) groups excluding carboxylic acids is 1. The Hall–Kier alpha value is -1.94. The number of hydrogen-bond donors (Lipinski definition) is 1. The van der Waals surface area contributed by atoms with Crippen LogP contribution < -0.4 is 5.32 Å². The first kappa shape index (κ1) is 12.1. The van der Waals surface area contributed by atoms with Gasteiger partial charge in [-0.05, 0) is 24.3 Å². The zero-order valence-electron chi connectivity index (χ0n) is 10.8. The Labute approximate surface area is 116 Å². The summed E-state index contributed by atoms with van der Waals surface area (Å²) in [4.78, 5) is 14.1. The molecule has 0 atom stereocenters. The van der Waals surface area contributed by atoms with Crippen molar-refractivity contribution < 1.29 is 4.79 Å². The molecule has 5 heteroatoms. The summed E-state index contributed by atoms with van der Waals surface area (Å²) in [5.74, 6) is -0.0109.